The highest BCUT2D eigenvalue weighted by Gasteiger charge is 2.43. The second-order valence-corrected chi connectivity index (χ2v) is 12.2. The van der Waals surface area contributed by atoms with Crippen molar-refractivity contribution >= 4 is 17.5 Å². The number of halogens is 1. The predicted octanol–water partition coefficient (Wildman–Crippen LogP) is 8.72. The maximum atomic E-state index is 13.8. The van der Waals surface area contributed by atoms with Crippen molar-refractivity contribution in [2.45, 2.75) is 91.6 Å². The second-order valence-electron chi connectivity index (χ2n) is 12.2. The maximum absolute atomic E-state index is 13.8. The molecule has 4 rings (SSSR count). The van der Waals surface area contributed by atoms with E-state index in [0.29, 0.717) is 43.1 Å². The Hall–Kier alpha value is -2.69. The SMILES string of the molecule is CCOC(=O)CCC[C@@H]1CC[C@H]([C@@H](/C=C/C2=CC=C(c3cccc(F)c3)C(C)C2)[C@@H]2CC(=O)O[C@H]2C)[C@H](CC)C1.[HH]. The van der Waals surface area contributed by atoms with Gasteiger partial charge in [0.25, 0.3) is 0 Å². The van der Waals surface area contributed by atoms with E-state index in [1.54, 1.807) is 12.1 Å². The highest BCUT2D eigenvalue weighted by molar-refractivity contribution is 5.72. The van der Waals surface area contributed by atoms with E-state index in [2.05, 4.69) is 38.2 Å². The number of esters is 2. The third kappa shape index (κ3) is 7.73. The molecule has 220 valence electrons. The smallest absolute Gasteiger partial charge is 0.306 e. The Morgan fingerprint density at radius 3 is 2.67 bits per heavy atom. The molecule has 1 aromatic carbocycles. The van der Waals surface area contributed by atoms with Gasteiger partial charge in [-0.3, -0.25) is 9.59 Å². The summed E-state index contributed by atoms with van der Waals surface area (Å²) in [5.74, 6) is 2.18. The summed E-state index contributed by atoms with van der Waals surface area (Å²) in [4.78, 5) is 24.1. The average Bonchev–Trinajstić information content (AvgIpc) is 3.26. The Morgan fingerprint density at radius 2 is 2.00 bits per heavy atom. The van der Waals surface area contributed by atoms with Crippen LogP contribution in [-0.4, -0.2) is 24.6 Å². The molecule has 1 unspecified atom stereocenters. The van der Waals surface area contributed by atoms with Gasteiger partial charge in [0.2, 0.25) is 0 Å². The minimum absolute atomic E-state index is 0. The van der Waals surface area contributed by atoms with E-state index in [0.717, 1.165) is 37.7 Å². The number of cyclic esters (lactones) is 1. The van der Waals surface area contributed by atoms with Crippen LogP contribution in [0, 0.1) is 41.3 Å². The van der Waals surface area contributed by atoms with Crippen molar-refractivity contribution < 1.29 is 24.9 Å². The van der Waals surface area contributed by atoms with Gasteiger partial charge >= 0.3 is 11.9 Å². The van der Waals surface area contributed by atoms with E-state index in [9.17, 15) is 14.0 Å². The summed E-state index contributed by atoms with van der Waals surface area (Å²) in [6.07, 6.45) is 17.4. The van der Waals surface area contributed by atoms with Gasteiger partial charge in [0.15, 0.2) is 0 Å². The van der Waals surface area contributed by atoms with Gasteiger partial charge in [-0.25, -0.2) is 4.39 Å². The van der Waals surface area contributed by atoms with Crippen LogP contribution in [-0.2, 0) is 19.1 Å². The van der Waals surface area contributed by atoms with Crippen molar-refractivity contribution in [2.24, 2.45) is 35.5 Å². The molecular formula is C35H49FO4. The first-order chi connectivity index (χ1) is 19.3. The van der Waals surface area contributed by atoms with Gasteiger partial charge < -0.3 is 9.47 Å². The minimum atomic E-state index is -0.204. The molecule has 1 heterocycles. The van der Waals surface area contributed by atoms with E-state index < -0.39 is 0 Å². The number of carbonyl (C=O) groups excluding carboxylic acids is 2. The van der Waals surface area contributed by atoms with Crippen molar-refractivity contribution in [1.82, 2.24) is 0 Å². The van der Waals surface area contributed by atoms with E-state index in [-0.39, 0.29) is 37.1 Å². The second kappa shape index (κ2) is 14.3. The summed E-state index contributed by atoms with van der Waals surface area (Å²) in [5.41, 5.74) is 3.39. The van der Waals surface area contributed by atoms with Crippen LogP contribution in [0.15, 0.2) is 54.1 Å². The van der Waals surface area contributed by atoms with E-state index in [1.807, 2.05) is 19.9 Å². The van der Waals surface area contributed by atoms with Gasteiger partial charge in [0, 0.05) is 13.8 Å². The van der Waals surface area contributed by atoms with Crippen LogP contribution < -0.4 is 0 Å². The summed E-state index contributed by atoms with van der Waals surface area (Å²) < 4.78 is 24.6. The molecule has 1 saturated heterocycles. The van der Waals surface area contributed by atoms with Crippen molar-refractivity contribution in [3.8, 4) is 0 Å². The van der Waals surface area contributed by atoms with Gasteiger partial charge in [0.1, 0.15) is 11.9 Å². The van der Waals surface area contributed by atoms with Crippen LogP contribution in [0.4, 0.5) is 4.39 Å². The lowest BCUT2D eigenvalue weighted by Gasteiger charge is -2.42. The van der Waals surface area contributed by atoms with Crippen molar-refractivity contribution in [3.05, 3.63) is 65.5 Å². The summed E-state index contributed by atoms with van der Waals surface area (Å²) in [5, 5.41) is 0. The van der Waals surface area contributed by atoms with Crippen molar-refractivity contribution in [1.29, 1.82) is 0 Å². The minimum Gasteiger partial charge on any atom is -0.466 e. The van der Waals surface area contributed by atoms with Crippen LogP contribution in [0.3, 0.4) is 0 Å². The van der Waals surface area contributed by atoms with Crippen LogP contribution in [0.2, 0.25) is 0 Å². The first-order valence-corrected chi connectivity index (χ1v) is 15.5. The highest BCUT2D eigenvalue weighted by atomic mass is 19.1. The van der Waals surface area contributed by atoms with Crippen molar-refractivity contribution in [3.63, 3.8) is 0 Å². The number of allylic oxidation sites excluding steroid dienone is 6. The highest BCUT2D eigenvalue weighted by Crippen LogP contribution is 2.47. The van der Waals surface area contributed by atoms with Gasteiger partial charge in [-0.05, 0) is 104 Å². The molecule has 1 saturated carbocycles. The molecule has 0 spiro atoms. The average molecular weight is 553 g/mol. The zero-order chi connectivity index (χ0) is 28.6. The molecule has 2 fully saturated rings. The van der Waals surface area contributed by atoms with Crippen molar-refractivity contribution in [2.75, 3.05) is 6.61 Å². The summed E-state index contributed by atoms with van der Waals surface area (Å²) >= 11 is 0. The molecule has 4 nitrogen and oxygen atoms in total. The van der Waals surface area contributed by atoms with Gasteiger partial charge in [-0.2, -0.15) is 0 Å². The molecule has 0 aromatic heterocycles. The lowest BCUT2D eigenvalue weighted by molar-refractivity contribution is -0.143. The number of rotatable bonds is 11. The maximum Gasteiger partial charge on any atom is 0.306 e. The van der Waals surface area contributed by atoms with E-state index in [4.69, 9.17) is 9.47 Å². The third-order valence-electron chi connectivity index (χ3n) is 9.52. The molecule has 1 aromatic rings. The topological polar surface area (TPSA) is 52.6 Å². The zero-order valence-corrected chi connectivity index (χ0v) is 24.7. The van der Waals surface area contributed by atoms with E-state index >= 15 is 0 Å². The Labute approximate surface area is 241 Å². The fourth-order valence-electron chi connectivity index (χ4n) is 7.44. The fraction of sp³-hybridized carbons (Fsp3) is 0.600. The summed E-state index contributed by atoms with van der Waals surface area (Å²) in [6.45, 7) is 8.85. The molecule has 2 aliphatic carbocycles. The van der Waals surface area contributed by atoms with Crippen LogP contribution >= 0.6 is 0 Å². The number of benzene rings is 1. The molecule has 0 amide bonds. The van der Waals surface area contributed by atoms with E-state index in [1.165, 1.54) is 30.1 Å². The molecule has 0 radical (unpaired) electrons. The number of hydrogen-bond donors (Lipinski definition) is 0. The lowest BCUT2D eigenvalue weighted by Crippen LogP contribution is -2.35. The first-order valence-electron chi connectivity index (χ1n) is 15.5. The zero-order valence-electron chi connectivity index (χ0n) is 24.7. The lowest BCUT2D eigenvalue weighted by atomic mass is 9.63. The van der Waals surface area contributed by atoms with Crippen LogP contribution in [0.25, 0.3) is 5.57 Å². The van der Waals surface area contributed by atoms with Gasteiger partial charge in [0.05, 0.1) is 13.0 Å². The molecule has 3 aliphatic rings. The Bertz CT molecular complexity index is 1120. The molecule has 7 atom stereocenters. The Balaban J connectivity index is 0.00000462. The molecule has 1 aliphatic heterocycles. The van der Waals surface area contributed by atoms with Gasteiger partial charge in [-0.15, -0.1) is 0 Å². The fourth-order valence-corrected chi connectivity index (χ4v) is 7.44. The molecule has 40 heavy (non-hydrogen) atoms. The van der Waals surface area contributed by atoms with Crippen LogP contribution in [0.1, 0.15) is 92.5 Å². The molecule has 0 N–H and O–H groups in total. The number of carbonyl (C=O) groups is 2. The molecular weight excluding hydrogens is 503 g/mol. The number of hydrogen-bond acceptors (Lipinski definition) is 4. The Morgan fingerprint density at radius 1 is 1.18 bits per heavy atom. The largest absolute Gasteiger partial charge is 0.466 e. The molecule has 0 bridgehead atoms. The summed E-state index contributed by atoms with van der Waals surface area (Å²) in [6, 6.07) is 6.85. The standard InChI is InChI=1S/C35H47FO4.H2/c1-5-27-20-25(9-7-12-34(37)39-6-2)14-17-31(27)32(33-22-35(38)40-24(33)4)18-15-26-13-16-30(23(3)19-26)28-10-8-11-29(36)21-28;/h8,10-11,13,15-16,18,21,23-25,27,31-33H,5-7,9,12,14,17,19-20,22H2,1-4H3;1H/b18-15+;/t23?,24-,25+,27+,31-,32+,33+;/m0./s1. The quantitative estimate of drug-likeness (QED) is 0.258. The normalized spacial score (nSPS) is 29.6. The Kier molecular flexibility index (Phi) is 10.8. The predicted molar refractivity (Wildman–Crippen MR) is 160 cm³/mol. The first kappa shape index (κ1) is 30.3. The van der Waals surface area contributed by atoms with Crippen LogP contribution in [0.5, 0.6) is 0 Å². The summed E-state index contributed by atoms with van der Waals surface area (Å²) in [7, 11) is 0. The molecule has 5 heteroatoms. The third-order valence-corrected chi connectivity index (χ3v) is 9.52. The van der Waals surface area contributed by atoms with Gasteiger partial charge in [-0.1, -0.05) is 63.1 Å². The monoisotopic (exact) mass is 552 g/mol. The number of ether oxygens (including phenoxy) is 2.